The van der Waals surface area contributed by atoms with Crippen molar-refractivity contribution < 1.29 is 18.4 Å². The maximum absolute atomic E-state index is 13.8. The van der Waals surface area contributed by atoms with E-state index in [-0.39, 0.29) is 18.1 Å². The summed E-state index contributed by atoms with van der Waals surface area (Å²) in [5, 5.41) is 8.79. The van der Waals surface area contributed by atoms with Crippen molar-refractivity contribution in [3.8, 4) is 17.0 Å². The summed E-state index contributed by atoms with van der Waals surface area (Å²) in [7, 11) is 1.41. The van der Waals surface area contributed by atoms with Gasteiger partial charge in [0.1, 0.15) is 0 Å². The number of aryl methyl sites for hydroxylation is 2. The van der Waals surface area contributed by atoms with Gasteiger partial charge in [-0.2, -0.15) is 4.98 Å². The molecule has 0 aliphatic rings. The molecule has 1 N–H and O–H groups in total. The van der Waals surface area contributed by atoms with Crippen molar-refractivity contribution in [3.63, 3.8) is 0 Å². The minimum Gasteiger partial charge on any atom is -0.494 e. The molecule has 0 unspecified atom stereocenters. The van der Waals surface area contributed by atoms with Crippen LogP contribution in [0.1, 0.15) is 31.5 Å². The van der Waals surface area contributed by atoms with E-state index in [0.717, 1.165) is 12.8 Å². The SMILES string of the molecule is CCCc1noc(CCC(=O)Nc2nc(-c3ccc(OC)c(F)c3)cs2)n1. The van der Waals surface area contributed by atoms with Crippen LogP contribution >= 0.6 is 11.3 Å². The van der Waals surface area contributed by atoms with E-state index in [9.17, 15) is 9.18 Å². The number of hydrogen-bond donors (Lipinski definition) is 1. The van der Waals surface area contributed by atoms with Crippen molar-refractivity contribution in [1.29, 1.82) is 0 Å². The number of anilines is 1. The average molecular weight is 390 g/mol. The van der Waals surface area contributed by atoms with E-state index in [4.69, 9.17) is 9.26 Å². The zero-order valence-electron chi connectivity index (χ0n) is 15.0. The predicted octanol–water partition coefficient (Wildman–Crippen LogP) is 3.86. The molecule has 142 valence electrons. The van der Waals surface area contributed by atoms with Crippen molar-refractivity contribution in [1.82, 2.24) is 15.1 Å². The number of nitrogens with one attached hydrogen (secondary N) is 1. The highest BCUT2D eigenvalue weighted by atomic mass is 32.1. The first-order chi connectivity index (χ1) is 13.1. The lowest BCUT2D eigenvalue weighted by atomic mass is 10.1. The van der Waals surface area contributed by atoms with Crippen LogP contribution in [0.3, 0.4) is 0 Å². The van der Waals surface area contributed by atoms with Gasteiger partial charge in [0.2, 0.25) is 11.8 Å². The lowest BCUT2D eigenvalue weighted by Crippen LogP contribution is -2.12. The smallest absolute Gasteiger partial charge is 0.227 e. The second-order valence-electron chi connectivity index (χ2n) is 5.79. The molecule has 9 heteroatoms. The van der Waals surface area contributed by atoms with Crippen LogP contribution in [0.4, 0.5) is 9.52 Å². The minimum absolute atomic E-state index is 0.172. The van der Waals surface area contributed by atoms with Crippen molar-refractivity contribution in [2.45, 2.75) is 32.6 Å². The molecule has 0 saturated carbocycles. The Morgan fingerprint density at radius 3 is 2.93 bits per heavy atom. The van der Waals surface area contributed by atoms with Crippen LogP contribution in [0.15, 0.2) is 28.1 Å². The van der Waals surface area contributed by atoms with Crippen molar-refractivity contribution in [2.75, 3.05) is 12.4 Å². The van der Waals surface area contributed by atoms with Crippen molar-refractivity contribution in [3.05, 3.63) is 41.1 Å². The second-order valence-corrected chi connectivity index (χ2v) is 6.65. The number of methoxy groups -OCH3 is 1. The van der Waals surface area contributed by atoms with Crippen LogP contribution in [0.25, 0.3) is 11.3 Å². The van der Waals surface area contributed by atoms with Gasteiger partial charge in [-0.25, -0.2) is 9.37 Å². The normalized spacial score (nSPS) is 10.8. The van der Waals surface area contributed by atoms with Gasteiger partial charge in [0.25, 0.3) is 0 Å². The van der Waals surface area contributed by atoms with E-state index in [1.807, 2.05) is 6.92 Å². The molecular weight excluding hydrogens is 371 g/mol. The van der Waals surface area contributed by atoms with Gasteiger partial charge in [-0.1, -0.05) is 12.1 Å². The topological polar surface area (TPSA) is 90.1 Å². The van der Waals surface area contributed by atoms with Crippen LogP contribution in [0.5, 0.6) is 5.75 Å². The molecular formula is C18H19FN4O3S. The van der Waals surface area contributed by atoms with Crippen molar-refractivity contribution >= 4 is 22.4 Å². The fourth-order valence-electron chi connectivity index (χ4n) is 2.41. The third-order valence-electron chi connectivity index (χ3n) is 3.75. The Morgan fingerprint density at radius 1 is 1.33 bits per heavy atom. The third-order valence-corrected chi connectivity index (χ3v) is 4.51. The quantitative estimate of drug-likeness (QED) is 0.628. The largest absolute Gasteiger partial charge is 0.494 e. The molecule has 0 spiro atoms. The lowest BCUT2D eigenvalue weighted by molar-refractivity contribution is -0.116. The molecule has 1 aromatic carbocycles. The molecule has 7 nitrogen and oxygen atoms in total. The summed E-state index contributed by atoms with van der Waals surface area (Å²) in [5.41, 5.74) is 1.19. The summed E-state index contributed by atoms with van der Waals surface area (Å²) < 4.78 is 23.8. The van der Waals surface area contributed by atoms with E-state index >= 15 is 0 Å². The fourth-order valence-corrected chi connectivity index (χ4v) is 3.14. The Kier molecular flexibility index (Phi) is 6.12. The molecule has 0 bridgehead atoms. The summed E-state index contributed by atoms with van der Waals surface area (Å²) in [6, 6.07) is 4.61. The first-order valence-electron chi connectivity index (χ1n) is 8.49. The molecule has 0 atom stereocenters. The van der Waals surface area contributed by atoms with Gasteiger partial charge in [-0.15, -0.1) is 11.3 Å². The average Bonchev–Trinajstić information content (AvgIpc) is 3.30. The molecule has 0 aliphatic heterocycles. The van der Waals surface area contributed by atoms with Crippen LogP contribution in [-0.2, 0) is 17.6 Å². The monoisotopic (exact) mass is 390 g/mol. The molecule has 27 heavy (non-hydrogen) atoms. The Bertz CT molecular complexity index is 925. The number of ether oxygens (including phenoxy) is 1. The summed E-state index contributed by atoms with van der Waals surface area (Å²) >= 11 is 1.27. The van der Waals surface area contributed by atoms with E-state index in [0.29, 0.717) is 34.5 Å². The van der Waals surface area contributed by atoms with Crippen LogP contribution in [0, 0.1) is 5.82 Å². The van der Waals surface area contributed by atoms with E-state index in [1.165, 1.54) is 24.5 Å². The summed E-state index contributed by atoms with van der Waals surface area (Å²) in [6.07, 6.45) is 2.26. The zero-order valence-corrected chi connectivity index (χ0v) is 15.8. The highest BCUT2D eigenvalue weighted by molar-refractivity contribution is 7.14. The number of carbonyl (C=O) groups excluding carboxylic acids is 1. The molecule has 0 radical (unpaired) electrons. The number of aromatic nitrogens is 3. The van der Waals surface area contributed by atoms with Gasteiger partial charge in [-0.3, -0.25) is 4.79 Å². The van der Waals surface area contributed by atoms with Gasteiger partial charge in [0.15, 0.2) is 22.5 Å². The number of thiazole rings is 1. The molecule has 0 saturated heterocycles. The Balaban J connectivity index is 1.56. The zero-order chi connectivity index (χ0) is 19.2. The first kappa shape index (κ1) is 19.0. The minimum atomic E-state index is -0.462. The Labute approximate surface area is 159 Å². The predicted molar refractivity (Wildman–Crippen MR) is 99.3 cm³/mol. The number of rotatable bonds is 8. The van der Waals surface area contributed by atoms with Gasteiger partial charge >= 0.3 is 0 Å². The number of nitrogens with zero attached hydrogens (tertiary/aromatic N) is 3. The van der Waals surface area contributed by atoms with E-state index in [2.05, 4.69) is 20.4 Å². The molecule has 3 rings (SSSR count). The molecule has 2 heterocycles. The third kappa shape index (κ3) is 4.88. The van der Waals surface area contributed by atoms with E-state index in [1.54, 1.807) is 17.5 Å². The lowest BCUT2D eigenvalue weighted by Gasteiger charge is -2.03. The first-order valence-corrected chi connectivity index (χ1v) is 9.37. The number of amides is 1. The molecule has 1 amide bonds. The van der Waals surface area contributed by atoms with Gasteiger partial charge in [-0.05, 0) is 24.6 Å². The standard InChI is InChI=1S/C18H19FN4O3S/c1-3-4-15-21-17(26-23-15)8-7-16(24)22-18-20-13(10-27-18)11-5-6-14(25-2)12(19)9-11/h5-6,9-10H,3-4,7-8H2,1-2H3,(H,20,22,24). The Hall–Kier alpha value is -2.81. The highest BCUT2D eigenvalue weighted by Gasteiger charge is 2.12. The number of benzene rings is 1. The maximum atomic E-state index is 13.8. The molecule has 0 fully saturated rings. The summed E-state index contributed by atoms with van der Waals surface area (Å²) in [4.78, 5) is 20.6. The highest BCUT2D eigenvalue weighted by Crippen LogP contribution is 2.28. The molecule has 0 aliphatic carbocycles. The second kappa shape index (κ2) is 8.72. The van der Waals surface area contributed by atoms with Gasteiger partial charge < -0.3 is 14.6 Å². The van der Waals surface area contributed by atoms with Gasteiger partial charge in [0, 0.05) is 30.2 Å². The number of carbonyl (C=O) groups is 1. The van der Waals surface area contributed by atoms with Crippen LogP contribution in [0.2, 0.25) is 0 Å². The van der Waals surface area contributed by atoms with Crippen molar-refractivity contribution in [2.24, 2.45) is 0 Å². The van der Waals surface area contributed by atoms with Gasteiger partial charge in [0.05, 0.1) is 12.8 Å². The van der Waals surface area contributed by atoms with E-state index < -0.39 is 5.82 Å². The van der Waals surface area contributed by atoms with Crippen LogP contribution in [-0.4, -0.2) is 28.1 Å². The fraction of sp³-hybridized carbons (Fsp3) is 0.333. The van der Waals surface area contributed by atoms with Crippen LogP contribution < -0.4 is 10.1 Å². The summed E-state index contributed by atoms with van der Waals surface area (Å²) in [5.74, 6) is 0.611. The number of hydrogen-bond acceptors (Lipinski definition) is 7. The maximum Gasteiger partial charge on any atom is 0.227 e. The molecule has 3 aromatic rings. The Morgan fingerprint density at radius 2 is 2.19 bits per heavy atom. The summed E-state index contributed by atoms with van der Waals surface area (Å²) in [6.45, 7) is 2.03. The molecule has 2 aromatic heterocycles. The number of halogens is 1.